The van der Waals surface area contributed by atoms with Crippen LogP contribution >= 0.6 is 0 Å². The van der Waals surface area contributed by atoms with Crippen LogP contribution in [-0.4, -0.2) is 38.4 Å². The van der Waals surface area contributed by atoms with Crippen LogP contribution in [0.1, 0.15) is 6.42 Å². The van der Waals surface area contributed by atoms with Gasteiger partial charge in [0.1, 0.15) is 6.04 Å². The van der Waals surface area contributed by atoms with Crippen LogP contribution in [0.5, 0.6) is 0 Å². The fourth-order valence-corrected chi connectivity index (χ4v) is 0.623. The summed E-state index contributed by atoms with van der Waals surface area (Å²) in [5.41, 5.74) is 4.76. The van der Waals surface area contributed by atoms with Crippen LogP contribution in [0.25, 0.3) is 0 Å². The summed E-state index contributed by atoms with van der Waals surface area (Å²) in [5.74, 6) is -0.508. The normalized spacial score (nSPS) is 13.8. The molecule has 0 saturated carbocycles. The average molecular weight is 214 g/mol. The van der Waals surface area contributed by atoms with Crippen molar-refractivity contribution in [3.63, 3.8) is 0 Å². The summed E-state index contributed by atoms with van der Waals surface area (Å²) in [6, 6.07) is -2.02. The summed E-state index contributed by atoms with van der Waals surface area (Å²) >= 11 is 0. The summed E-state index contributed by atoms with van der Waals surface area (Å²) in [6.07, 6.45) is -4.45. The molecular formula is C7H13F3N2O2. The quantitative estimate of drug-likeness (QED) is 0.678. The van der Waals surface area contributed by atoms with Crippen molar-refractivity contribution in [2.24, 2.45) is 5.73 Å². The zero-order valence-electron chi connectivity index (χ0n) is 7.73. The van der Waals surface area contributed by atoms with Gasteiger partial charge in [0.2, 0.25) is 5.91 Å². The Bertz CT molecular complexity index is 184. The lowest BCUT2D eigenvalue weighted by atomic mass is 10.3. The van der Waals surface area contributed by atoms with E-state index in [0.717, 1.165) is 0 Å². The molecule has 0 saturated heterocycles. The molecule has 0 rings (SSSR count). The minimum absolute atomic E-state index is 0.0288. The SMILES string of the molecule is COCCC(=O)NCC(N)C(F)(F)F. The molecule has 1 atom stereocenters. The number of alkyl halides is 3. The van der Waals surface area contributed by atoms with Gasteiger partial charge in [-0.05, 0) is 0 Å². The maximum absolute atomic E-state index is 11.9. The molecule has 1 amide bonds. The highest BCUT2D eigenvalue weighted by molar-refractivity contribution is 5.75. The number of hydrogen-bond acceptors (Lipinski definition) is 3. The van der Waals surface area contributed by atoms with E-state index < -0.39 is 24.7 Å². The van der Waals surface area contributed by atoms with E-state index in [1.54, 1.807) is 0 Å². The largest absolute Gasteiger partial charge is 0.405 e. The van der Waals surface area contributed by atoms with Gasteiger partial charge in [-0.15, -0.1) is 0 Å². The van der Waals surface area contributed by atoms with Crippen molar-refractivity contribution in [2.75, 3.05) is 20.3 Å². The van der Waals surface area contributed by atoms with Crippen LogP contribution < -0.4 is 11.1 Å². The molecule has 1 unspecified atom stereocenters. The molecule has 0 aliphatic heterocycles. The maximum atomic E-state index is 11.9. The highest BCUT2D eigenvalue weighted by atomic mass is 19.4. The zero-order chi connectivity index (χ0) is 11.2. The van der Waals surface area contributed by atoms with E-state index in [-0.39, 0.29) is 13.0 Å². The Kier molecular flexibility index (Phi) is 5.47. The molecule has 0 radical (unpaired) electrons. The van der Waals surface area contributed by atoms with Crippen molar-refractivity contribution >= 4 is 5.91 Å². The van der Waals surface area contributed by atoms with Crippen molar-refractivity contribution in [3.8, 4) is 0 Å². The number of methoxy groups -OCH3 is 1. The smallest absolute Gasteiger partial charge is 0.384 e. The van der Waals surface area contributed by atoms with Gasteiger partial charge in [0, 0.05) is 20.1 Å². The first-order valence-corrected chi connectivity index (χ1v) is 3.96. The van der Waals surface area contributed by atoms with Gasteiger partial charge in [0.15, 0.2) is 0 Å². The van der Waals surface area contributed by atoms with Crippen LogP contribution in [0, 0.1) is 0 Å². The van der Waals surface area contributed by atoms with Crippen molar-refractivity contribution in [3.05, 3.63) is 0 Å². The van der Waals surface area contributed by atoms with Gasteiger partial charge >= 0.3 is 6.18 Å². The minimum Gasteiger partial charge on any atom is -0.384 e. The number of amides is 1. The molecule has 0 heterocycles. The predicted molar refractivity (Wildman–Crippen MR) is 43.5 cm³/mol. The van der Waals surface area contributed by atoms with Crippen LogP contribution in [0.4, 0.5) is 13.2 Å². The van der Waals surface area contributed by atoms with E-state index in [0.29, 0.717) is 0 Å². The molecule has 0 bridgehead atoms. The van der Waals surface area contributed by atoms with Gasteiger partial charge in [-0.25, -0.2) is 0 Å². The standard InChI is InChI=1S/C7H13F3N2O2/c1-14-3-2-6(13)12-4-5(11)7(8,9)10/h5H,2-4,11H2,1H3,(H,12,13). The lowest BCUT2D eigenvalue weighted by molar-refractivity contribution is -0.147. The van der Waals surface area contributed by atoms with Crippen molar-refractivity contribution in [1.82, 2.24) is 5.32 Å². The van der Waals surface area contributed by atoms with E-state index in [1.807, 2.05) is 0 Å². The molecule has 0 aliphatic rings. The number of carbonyl (C=O) groups is 1. The van der Waals surface area contributed by atoms with Crippen LogP contribution in [-0.2, 0) is 9.53 Å². The molecule has 0 fully saturated rings. The van der Waals surface area contributed by atoms with Gasteiger partial charge in [-0.2, -0.15) is 13.2 Å². The summed E-state index contributed by atoms with van der Waals surface area (Å²) in [6.45, 7) is -0.431. The number of nitrogens with one attached hydrogen (secondary N) is 1. The molecule has 4 nitrogen and oxygen atoms in total. The Labute approximate surface area is 79.6 Å². The number of halogens is 3. The predicted octanol–water partition coefficient (Wildman–Crippen LogP) is 0.0287. The Morgan fingerprint density at radius 3 is 2.57 bits per heavy atom. The topological polar surface area (TPSA) is 64.3 Å². The Hall–Kier alpha value is -0.820. The second-order valence-corrected chi connectivity index (χ2v) is 2.69. The van der Waals surface area contributed by atoms with Crippen LogP contribution in [0.15, 0.2) is 0 Å². The third-order valence-electron chi connectivity index (χ3n) is 1.47. The van der Waals surface area contributed by atoms with Crippen molar-refractivity contribution in [2.45, 2.75) is 18.6 Å². The number of carbonyl (C=O) groups excluding carboxylic acids is 1. The molecule has 14 heavy (non-hydrogen) atoms. The molecule has 0 aromatic rings. The lowest BCUT2D eigenvalue weighted by Gasteiger charge is -2.15. The summed E-state index contributed by atoms with van der Waals surface area (Å²) in [7, 11) is 1.40. The molecular weight excluding hydrogens is 201 g/mol. The van der Waals surface area contributed by atoms with Gasteiger partial charge in [0.25, 0.3) is 0 Å². The molecule has 0 aliphatic carbocycles. The Balaban J connectivity index is 3.67. The molecule has 3 N–H and O–H groups in total. The highest BCUT2D eigenvalue weighted by Crippen LogP contribution is 2.17. The first-order valence-electron chi connectivity index (χ1n) is 3.96. The highest BCUT2D eigenvalue weighted by Gasteiger charge is 2.36. The van der Waals surface area contributed by atoms with E-state index in [1.165, 1.54) is 7.11 Å². The summed E-state index contributed by atoms with van der Waals surface area (Å²) in [4.78, 5) is 10.8. The van der Waals surface area contributed by atoms with Crippen LogP contribution in [0.3, 0.4) is 0 Å². The van der Waals surface area contributed by atoms with Crippen molar-refractivity contribution < 1.29 is 22.7 Å². The third-order valence-corrected chi connectivity index (χ3v) is 1.47. The molecule has 0 aromatic heterocycles. The Morgan fingerprint density at radius 2 is 2.14 bits per heavy atom. The zero-order valence-corrected chi connectivity index (χ0v) is 7.73. The molecule has 0 spiro atoms. The number of ether oxygens (including phenoxy) is 1. The second kappa shape index (κ2) is 5.82. The third kappa shape index (κ3) is 5.76. The first kappa shape index (κ1) is 13.2. The number of rotatable bonds is 5. The van der Waals surface area contributed by atoms with Gasteiger partial charge in [-0.1, -0.05) is 0 Å². The fourth-order valence-electron chi connectivity index (χ4n) is 0.623. The fraction of sp³-hybridized carbons (Fsp3) is 0.857. The molecule has 0 aromatic carbocycles. The molecule has 7 heteroatoms. The first-order chi connectivity index (χ1) is 6.38. The number of hydrogen-bond donors (Lipinski definition) is 2. The van der Waals surface area contributed by atoms with Crippen LogP contribution in [0.2, 0.25) is 0 Å². The minimum atomic E-state index is -4.48. The van der Waals surface area contributed by atoms with Gasteiger partial charge in [-0.3, -0.25) is 4.79 Å². The van der Waals surface area contributed by atoms with E-state index >= 15 is 0 Å². The Morgan fingerprint density at radius 1 is 1.57 bits per heavy atom. The van der Waals surface area contributed by atoms with E-state index in [4.69, 9.17) is 5.73 Å². The van der Waals surface area contributed by atoms with Gasteiger partial charge < -0.3 is 15.8 Å². The van der Waals surface area contributed by atoms with E-state index in [2.05, 4.69) is 10.1 Å². The van der Waals surface area contributed by atoms with E-state index in [9.17, 15) is 18.0 Å². The molecule has 84 valence electrons. The second-order valence-electron chi connectivity index (χ2n) is 2.69. The summed E-state index contributed by atoms with van der Waals surface area (Å²) in [5, 5.41) is 2.06. The van der Waals surface area contributed by atoms with Gasteiger partial charge in [0.05, 0.1) is 6.61 Å². The number of nitrogens with two attached hydrogens (primary N) is 1. The monoisotopic (exact) mass is 214 g/mol. The summed E-state index contributed by atoms with van der Waals surface area (Å²) < 4.78 is 40.1. The lowest BCUT2D eigenvalue weighted by Crippen LogP contribution is -2.46. The maximum Gasteiger partial charge on any atom is 0.405 e. The van der Waals surface area contributed by atoms with Crippen molar-refractivity contribution in [1.29, 1.82) is 0 Å². The average Bonchev–Trinajstić information content (AvgIpc) is 2.09.